The molecule has 5 rings (SSSR count). The molecule has 35 heavy (non-hydrogen) atoms. The molecule has 1 aliphatic heterocycles. The zero-order valence-electron chi connectivity index (χ0n) is 19.8. The quantitative estimate of drug-likeness (QED) is 0.411. The van der Waals surface area contributed by atoms with Crippen molar-refractivity contribution in [2.45, 2.75) is 19.8 Å². The fourth-order valence-corrected chi connectivity index (χ4v) is 4.78. The second-order valence-corrected chi connectivity index (χ2v) is 8.85. The molecule has 4 aromatic rings. The van der Waals surface area contributed by atoms with E-state index in [1.165, 1.54) is 4.57 Å². The number of anilines is 1. The van der Waals surface area contributed by atoms with Crippen molar-refractivity contribution in [3.05, 3.63) is 100.0 Å². The van der Waals surface area contributed by atoms with Gasteiger partial charge >= 0.3 is 5.97 Å². The highest BCUT2D eigenvalue weighted by Gasteiger charge is 2.26. The predicted molar refractivity (Wildman–Crippen MR) is 137 cm³/mol. The van der Waals surface area contributed by atoms with E-state index in [4.69, 9.17) is 4.74 Å². The number of carbonyl (C=O) groups is 2. The molecule has 1 aliphatic rings. The van der Waals surface area contributed by atoms with Gasteiger partial charge in [-0.25, -0.2) is 4.79 Å². The number of esters is 1. The SMILES string of the molecule is Cc1ccc(-c2c(C(=O)OCC(=O)N3CCCc4ccccc43)n(C)c(=O)c3ccccc23)cc1. The van der Waals surface area contributed by atoms with Gasteiger partial charge in [0.2, 0.25) is 0 Å². The number of aromatic nitrogens is 1. The molecule has 0 bridgehead atoms. The molecule has 0 aliphatic carbocycles. The molecule has 1 aromatic heterocycles. The Hall–Kier alpha value is -4.19. The maximum Gasteiger partial charge on any atom is 0.356 e. The van der Waals surface area contributed by atoms with Crippen LogP contribution in [0, 0.1) is 6.92 Å². The number of ether oxygens (including phenoxy) is 1. The molecular formula is C29H26N2O4. The Kier molecular flexibility index (Phi) is 5.95. The van der Waals surface area contributed by atoms with E-state index < -0.39 is 12.6 Å². The highest BCUT2D eigenvalue weighted by atomic mass is 16.5. The summed E-state index contributed by atoms with van der Waals surface area (Å²) < 4.78 is 6.86. The van der Waals surface area contributed by atoms with E-state index in [2.05, 4.69) is 0 Å². The molecule has 0 fully saturated rings. The van der Waals surface area contributed by atoms with Crippen molar-refractivity contribution in [3.63, 3.8) is 0 Å². The van der Waals surface area contributed by atoms with Crippen LogP contribution in [0.3, 0.4) is 0 Å². The van der Waals surface area contributed by atoms with E-state index in [1.807, 2.05) is 67.6 Å². The number of nitrogens with zero attached hydrogens (tertiary/aromatic N) is 2. The minimum atomic E-state index is -0.704. The first kappa shape index (κ1) is 22.6. The number of hydrogen-bond donors (Lipinski definition) is 0. The van der Waals surface area contributed by atoms with Crippen molar-refractivity contribution in [3.8, 4) is 11.1 Å². The third-order valence-electron chi connectivity index (χ3n) is 6.58. The summed E-state index contributed by atoms with van der Waals surface area (Å²) in [4.78, 5) is 41.2. The number of aryl methyl sites for hydroxylation is 2. The van der Waals surface area contributed by atoms with Gasteiger partial charge in [0, 0.05) is 30.2 Å². The first-order valence-corrected chi connectivity index (χ1v) is 11.7. The zero-order valence-corrected chi connectivity index (χ0v) is 19.8. The molecule has 6 heteroatoms. The summed E-state index contributed by atoms with van der Waals surface area (Å²) >= 11 is 0. The van der Waals surface area contributed by atoms with Crippen LogP contribution >= 0.6 is 0 Å². The molecule has 0 unspecified atom stereocenters. The van der Waals surface area contributed by atoms with Gasteiger partial charge in [0.1, 0.15) is 5.69 Å². The van der Waals surface area contributed by atoms with Crippen LogP contribution in [0.5, 0.6) is 0 Å². The van der Waals surface area contributed by atoms with E-state index in [9.17, 15) is 14.4 Å². The van der Waals surface area contributed by atoms with E-state index >= 15 is 0 Å². The normalized spacial score (nSPS) is 12.9. The first-order valence-electron chi connectivity index (χ1n) is 11.7. The highest BCUT2D eigenvalue weighted by Crippen LogP contribution is 2.31. The standard InChI is InChI=1S/C29H26N2O4/c1-19-13-15-21(16-14-19)26-22-10-4-5-11-23(22)28(33)30(2)27(26)29(34)35-18-25(32)31-17-7-9-20-8-3-6-12-24(20)31/h3-6,8,10-16H,7,9,17-18H2,1-2H3. The number of amides is 1. The van der Waals surface area contributed by atoms with Crippen molar-refractivity contribution in [1.29, 1.82) is 0 Å². The Morgan fingerprint density at radius 1 is 0.914 bits per heavy atom. The van der Waals surface area contributed by atoms with Crippen molar-refractivity contribution >= 4 is 28.3 Å². The second-order valence-electron chi connectivity index (χ2n) is 8.85. The Bertz CT molecular complexity index is 1500. The fraction of sp³-hybridized carbons (Fsp3) is 0.207. The molecule has 2 heterocycles. The van der Waals surface area contributed by atoms with Crippen LogP contribution in [0.2, 0.25) is 0 Å². The van der Waals surface area contributed by atoms with Crippen LogP contribution in [0.1, 0.15) is 28.0 Å². The average Bonchev–Trinajstić information content (AvgIpc) is 2.89. The molecule has 3 aromatic carbocycles. The van der Waals surface area contributed by atoms with Gasteiger partial charge in [-0.3, -0.25) is 9.59 Å². The summed E-state index contributed by atoms with van der Waals surface area (Å²) in [6.07, 6.45) is 1.77. The molecular weight excluding hydrogens is 440 g/mol. The summed E-state index contributed by atoms with van der Waals surface area (Å²) in [5, 5.41) is 1.19. The molecule has 1 amide bonds. The van der Waals surface area contributed by atoms with Gasteiger partial charge in [-0.1, -0.05) is 66.2 Å². The minimum absolute atomic E-state index is 0.129. The highest BCUT2D eigenvalue weighted by molar-refractivity contribution is 6.07. The van der Waals surface area contributed by atoms with E-state index in [0.717, 1.165) is 35.2 Å². The number of benzene rings is 3. The number of carbonyl (C=O) groups excluding carboxylic acids is 2. The van der Waals surface area contributed by atoms with Gasteiger partial charge in [-0.05, 0) is 48.4 Å². The number of pyridine rings is 1. The summed E-state index contributed by atoms with van der Waals surface area (Å²) in [6, 6.07) is 22.8. The van der Waals surface area contributed by atoms with E-state index in [0.29, 0.717) is 22.9 Å². The molecule has 0 saturated heterocycles. The van der Waals surface area contributed by atoms with Crippen LogP contribution in [-0.2, 0) is 23.0 Å². The molecule has 0 saturated carbocycles. The van der Waals surface area contributed by atoms with Crippen LogP contribution in [0.4, 0.5) is 5.69 Å². The van der Waals surface area contributed by atoms with Gasteiger partial charge in [0.25, 0.3) is 11.5 Å². The summed E-state index contributed by atoms with van der Waals surface area (Å²) in [7, 11) is 1.56. The lowest BCUT2D eigenvalue weighted by atomic mass is 9.96. The Morgan fingerprint density at radius 3 is 2.37 bits per heavy atom. The Balaban J connectivity index is 1.51. The van der Waals surface area contributed by atoms with Gasteiger partial charge in [0.05, 0.1) is 0 Å². The van der Waals surface area contributed by atoms with E-state index in [-0.39, 0.29) is 17.2 Å². The summed E-state index contributed by atoms with van der Waals surface area (Å²) in [5.41, 5.74) is 4.30. The zero-order chi connectivity index (χ0) is 24.5. The van der Waals surface area contributed by atoms with E-state index in [1.54, 1.807) is 24.1 Å². The maximum absolute atomic E-state index is 13.4. The smallest absolute Gasteiger partial charge is 0.356 e. The Labute approximate surface area is 203 Å². The van der Waals surface area contributed by atoms with Crippen molar-refractivity contribution in [2.75, 3.05) is 18.1 Å². The van der Waals surface area contributed by atoms with Crippen molar-refractivity contribution in [1.82, 2.24) is 4.57 Å². The van der Waals surface area contributed by atoms with Crippen LogP contribution in [-0.4, -0.2) is 29.6 Å². The number of hydrogen-bond acceptors (Lipinski definition) is 4. The lowest BCUT2D eigenvalue weighted by molar-refractivity contribution is -0.121. The lowest BCUT2D eigenvalue weighted by Gasteiger charge is -2.29. The molecule has 6 nitrogen and oxygen atoms in total. The summed E-state index contributed by atoms with van der Waals surface area (Å²) in [6.45, 7) is 2.17. The van der Waals surface area contributed by atoms with Gasteiger partial charge < -0.3 is 14.2 Å². The number of fused-ring (bicyclic) bond motifs is 2. The first-order chi connectivity index (χ1) is 17.0. The minimum Gasteiger partial charge on any atom is -0.451 e. The van der Waals surface area contributed by atoms with Crippen molar-refractivity contribution < 1.29 is 14.3 Å². The van der Waals surface area contributed by atoms with Gasteiger partial charge in [-0.2, -0.15) is 0 Å². The summed E-state index contributed by atoms with van der Waals surface area (Å²) in [5.74, 6) is -0.988. The topological polar surface area (TPSA) is 68.6 Å². The van der Waals surface area contributed by atoms with Crippen LogP contribution in [0.15, 0.2) is 77.6 Å². The predicted octanol–water partition coefficient (Wildman–Crippen LogP) is 4.65. The maximum atomic E-state index is 13.4. The number of rotatable bonds is 4. The molecule has 0 spiro atoms. The average molecular weight is 467 g/mol. The van der Waals surface area contributed by atoms with Crippen LogP contribution in [0.25, 0.3) is 21.9 Å². The molecule has 176 valence electrons. The molecule has 0 N–H and O–H groups in total. The second kappa shape index (κ2) is 9.22. The fourth-order valence-electron chi connectivity index (χ4n) is 4.78. The van der Waals surface area contributed by atoms with Gasteiger partial charge in [0.15, 0.2) is 6.61 Å². The van der Waals surface area contributed by atoms with Crippen molar-refractivity contribution in [2.24, 2.45) is 7.05 Å². The van der Waals surface area contributed by atoms with Crippen LogP contribution < -0.4 is 10.5 Å². The largest absolute Gasteiger partial charge is 0.451 e. The lowest BCUT2D eigenvalue weighted by Crippen LogP contribution is -2.38. The Morgan fingerprint density at radius 2 is 1.60 bits per heavy atom. The number of para-hydroxylation sites is 1. The monoisotopic (exact) mass is 466 g/mol. The molecule has 0 atom stereocenters. The third-order valence-corrected chi connectivity index (χ3v) is 6.58. The third kappa shape index (κ3) is 4.12. The molecule has 0 radical (unpaired) electrons. The van der Waals surface area contributed by atoms with Gasteiger partial charge in [-0.15, -0.1) is 0 Å².